The summed E-state index contributed by atoms with van der Waals surface area (Å²) in [7, 11) is 0. The van der Waals surface area contributed by atoms with Gasteiger partial charge in [-0.15, -0.1) is 0 Å². The molecule has 0 saturated carbocycles. The van der Waals surface area contributed by atoms with Gasteiger partial charge in [0.2, 0.25) is 0 Å². The zero-order chi connectivity index (χ0) is 11.4. The van der Waals surface area contributed by atoms with E-state index in [4.69, 9.17) is 9.47 Å². The standard InChI is InChI=1S/C12H20O3/c1-8(2)10(4)12(13)14-7-11-6-5-9(3)15-11/h9,11H,5-7H2,1-4H3. The molecule has 3 heteroatoms. The first-order valence-corrected chi connectivity index (χ1v) is 5.47. The summed E-state index contributed by atoms with van der Waals surface area (Å²) in [6.07, 6.45) is 2.44. The molecule has 1 heterocycles. The SMILES string of the molecule is CC(C)=C(C)C(=O)OCC1CCC(C)O1. The molecule has 86 valence electrons. The van der Waals surface area contributed by atoms with Crippen molar-refractivity contribution in [1.82, 2.24) is 0 Å². The monoisotopic (exact) mass is 212 g/mol. The number of allylic oxidation sites excluding steroid dienone is 1. The molecule has 0 aromatic rings. The Labute approximate surface area is 91.4 Å². The molecule has 0 N–H and O–H groups in total. The number of hydrogen-bond acceptors (Lipinski definition) is 3. The smallest absolute Gasteiger partial charge is 0.333 e. The number of esters is 1. The molecular formula is C12H20O3. The predicted octanol–water partition coefficient (Wildman–Crippen LogP) is 2.45. The van der Waals surface area contributed by atoms with Gasteiger partial charge in [-0.1, -0.05) is 5.57 Å². The first kappa shape index (κ1) is 12.2. The highest BCUT2D eigenvalue weighted by Gasteiger charge is 2.23. The highest BCUT2D eigenvalue weighted by molar-refractivity contribution is 5.88. The summed E-state index contributed by atoms with van der Waals surface area (Å²) in [4.78, 5) is 11.5. The van der Waals surface area contributed by atoms with Crippen molar-refractivity contribution in [3.63, 3.8) is 0 Å². The van der Waals surface area contributed by atoms with Crippen LogP contribution >= 0.6 is 0 Å². The van der Waals surface area contributed by atoms with E-state index in [1.807, 2.05) is 20.8 Å². The Balaban J connectivity index is 2.32. The van der Waals surface area contributed by atoms with E-state index in [0.717, 1.165) is 18.4 Å². The number of rotatable bonds is 3. The largest absolute Gasteiger partial charge is 0.460 e. The van der Waals surface area contributed by atoms with E-state index in [-0.39, 0.29) is 12.1 Å². The lowest BCUT2D eigenvalue weighted by Crippen LogP contribution is -2.19. The van der Waals surface area contributed by atoms with Gasteiger partial charge in [-0.05, 0) is 40.5 Å². The molecule has 1 aliphatic heterocycles. The molecule has 2 atom stereocenters. The van der Waals surface area contributed by atoms with Crippen LogP contribution in [-0.4, -0.2) is 24.8 Å². The number of ether oxygens (including phenoxy) is 2. The molecule has 0 aromatic heterocycles. The molecule has 0 spiro atoms. The molecule has 0 aliphatic carbocycles. The molecule has 3 nitrogen and oxygen atoms in total. The first-order chi connectivity index (χ1) is 7.00. The van der Waals surface area contributed by atoms with Crippen molar-refractivity contribution >= 4 is 5.97 Å². The minimum atomic E-state index is -0.224. The highest BCUT2D eigenvalue weighted by atomic mass is 16.6. The summed E-state index contributed by atoms with van der Waals surface area (Å²) >= 11 is 0. The zero-order valence-corrected chi connectivity index (χ0v) is 10.0. The Hall–Kier alpha value is -0.830. The van der Waals surface area contributed by atoms with Gasteiger partial charge in [-0.3, -0.25) is 0 Å². The molecule has 0 amide bonds. The third kappa shape index (κ3) is 3.67. The van der Waals surface area contributed by atoms with Crippen molar-refractivity contribution in [2.75, 3.05) is 6.61 Å². The number of carbonyl (C=O) groups is 1. The van der Waals surface area contributed by atoms with Crippen molar-refractivity contribution in [2.45, 2.75) is 52.7 Å². The average molecular weight is 212 g/mol. The van der Waals surface area contributed by atoms with Gasteiger partial charge in [0.25, 0.3) is 0 Å². The third-order valence-corrected chi connectivity index (χ3v) is 2.78. The van der Waals surface area contributed by atoms with Crippen LogP contribution in [0, 0.1) is 0 Å². The fraction of sp³-hybridized carbons (Fsp3) is 0.750. The second-order valence-corrected chi connectivity index (χ2v) is 4.37. The molecule has 0 aromatic carbocycles. The van der Waals surface area contributed by atoms with Crippen molar-refractivity contribution < 1.29 is 14.3 Å². The van der Waals surface area contributed by atoms with Gasteiger partial charge in [0, 0.05) is 5.57 Å². The molecule has 1 saturated heterocycles. The van der Waals surface area contributed by atoms with Crippen LogP contribution in [0.5, 0.6) is 0 Å². The second kappa shape index (κ2) is 5.31. The molecule has 15 heavy (non-hydrogen) atoms. The first-order valence-electron chi connectivity index (χ1n) is 5.47. The topological polar surface area (TPSA) is 35.5 Å². The van der Waals surface area contributed by atoms with Crippen LogP contribution in [0.1, 0.15) is 40.5 Å². The second-order valence-electron chi connectivity index (χ2n) is 4.37. The Morgan fingerprint density at radius 2 is 2.00 bits per heavy atom. The van der Waals surface area contributed by atoms with Crippen LogP contribution in [0.25, 0.3) is 0 Å². The fourth-order valence-corrected chi connectivity index (χ4v) is 1.49. The lowest BCUT2D eigenvalue weighted by Gasteiger charge is -2.12. The van der Waals surface area contributed by atoms with Gasteiger partial charge >= 0.3 is 5.97 Å². The maximum Gasteiger partial charge on any atom is 0.333 e. The van der Waals surface area contributed by atoms with E-state index in [9.17, 15) is 4.79 Å². The van der Waals surface area contributed by atoms with E-state index in [1.54, 1.807) is 6.92 Å². The summed E-state index contributed by atoms with van der Waals surface area (Å²) in [5.74, 6) is -0.224. The summed E-state index contributed by atoms with van der Waals surface area (Å²) in [6, 6.07) is 0. The Bertz CT molecular complexity index is 264. The van der Waals surface area contributed by atoms with E-state index in [2.05, 4.69) is 0 Å². The van der Waals surface area contributed by atoms with E-state index in [0.29, 0.717) is 18.3 Å². The molecule has 1 rings (SSSR count). The fourth-order valence-electron chi connectivity index (χ4n) is 1.49. The van der Waals surface area contributed by atoms with Gasteiger partial charge in [0.1, 0.15) is 6.61 Å². The molecule has 2 unspecified atom stereocenters. The van der Waals surface area contributed by atoms with Crippen molar-refractivity contribution in [3.05, 3.63) is 11.1 Å². The van der Waals surface area contributed by atoms with Gasteiger partial charge in [-0.25, -0.2) is 4.79 Å². The molecule has 1 aliphatic rings. The Morgan fingerprint density at radius 3 is 2.47 bits per heavy atom. The molecule has 0 radical (unpaired) electrons. The van der Waals surface area contributed by atoms with Crippen molar-refractivity contribution in [1.29, 1.82) is 0 Å². The van der Waals surface area contributed by atoms with Gasteiger partial charge in [0.05, 0.1) is 12.2 Å². The highest BCUT2D eigenvalue weighted by Crippen LogP contribution is 2.19. The van der Waals surface area contributed by atoms with Gasteiger partial charge < -0.3 is 9.47 Å². The predicted molar refractivity (Wildman–Crippen MR) is 58.6 cm³/mol. The number of hydrogen-bond donors (Lipinski definition) is 0. The Morgan fingerprint density at radius 1 is 1.33 bits per heavy atom. The van der Waals surface area contributed by atoms with Crippen molar-refractivity contribution in [3.8, 4) is 0 Å². The minimum Gasteiger partial charge on any atom is -0.460 e. The molecule has 1 fully saturated rings. The maximum atomic E-state index is 11.5. The van der Waals surface area contributed by atoms with Crippen LogP contribution in [0.3, 0.4) is 0 Å². The van der Waals surface area contributed by atoms with Crippen LogP contribution in [0.2, 0.25) is 0 Å². The van der Waals surface area contributed by atoms with Crippen LogP contribution < -0.4 is 0 Å². The third-order valence-electron chi connectivity index (χ3n) is 2.78. The molecular weight excluding hydrogens is 192 g/mol. The Kier molecular flexibility index (Phi) is 4.33. The van der Waals surface area contributed by atoms with Gasteiger partial charge in [0.15, 0.2) is 0 Å². The summed E-state index contributed by atoms with van der Waals surface area (Å²) in [5, 5.41) is 0. The van der Waals surface area contributed by atoms with Crippen LogP contribution in [0.4, 0.5) is 0 Å². The normalized spacial score (nSPS) is 25.1. The van der Waals surface area contributed by atoms with Crippen LogP contribution in [-0.2, 0) is 14.3 Å². The maximum absolute atomic E-state index is 11.5. The van der Waals surface area contributed by atoms with Crippen LogP contribution in [0.15, 0.2) is 11.1 Å². The van der Waals surface area contributed by atoms with E-state index >= 15 is 0 Å². The number of carbonyl (C=O) groups excluding carboxylic acids is 1. The quantitative estimate of drug-likeness (QED) is 0.532. The van der Waals surface area contributed by atoms with Crippen molar-refractivity contribution in [2.24, 2.45) is 0 Å². The zero-order valence-electron chi connectivity index (χ0n) is 10.0. The lowest BCUT2D eigenvalue weighted by atomic mass is 10.2. The van der Waals surface area contributed by atoms with E-state index in [1.165, 1.54) is 0 Å². The molecule has 0 bridgehead atoms. The summed E-state index contributed by atoms with van der Waals surface area (Å²) < 4.78 is 10.7. The summed E-state index contributed by atoms with van der Waals surface area (Å²) in [6.45, 7) is 8.03. The van der Waals surface area contributed by atoms with Gasteiger partial charge in [-0.2, -0.15) is 0 Å². The lowest BCUT2D eigenvalue weighted by molar-refractivity contribution is -0.142. The van der Waals surface area contributed by atoms with E-state index < -0.39 is 0 Å². The summed E-state index contributed by atoms with van der Waals surface area (Å²) in [5.41, 5.74) is 1.70. The minimum absolute atomic E-state index is 0.0916. The average Bonchev–Trinajstić information content (AvgIpc) is 2.59.